The van der Waals surface area contributed by atoms with Gasteiger partial charge in [0.05, 0.1) is 5.41 Å². The smallest absolute Gasteiger partial charge is 0.253 e. The zero-order valence-electron chi connectivity index (χ0n) is 17.4. The van der Waals surface area contributed by atoms with Gasteiger partial charge in [-0.25, -0.2) is 0 Å². The van der Waals surface area contributed by atoms with Gasteiger partial charge in [-0.05, 0) is 61.3 Å². The van der Waals surface area contributed by atoms with Crippen LogP contribution in [-0.2, 0) is 16.6 Å². The number of piperidine rings is 1. The summed E-state index contributed by atoms with van der Waals surface area (Å²) in [6.07, 6.45) is 5.08. The van der Waals surface area contributed by atoms with Gasteiger partial charge >= 0.3 is 0 Å². The third-order valence-corrected chi connectivity index (χ3v) is 6.52. The van der Waals surface area contributed by atoms with Gasteiger partial charge in [-0.1, -0.05) is 42.5 Å². The lowest BCUT2D eigenvalue weighted by Crippen LogP contribution is -2.44. The summed E-state index contributed by atoms with van der Waals surface area (Å²) in [6.45, 7) is 1.71. The van der Waals surface area contributed by atoms with Crippen molar-refractivity contribution >= 4 is 11.8 Å². The van der Waals surface area contributed by atoms with Gasteiger partial charge in [0.2, 0.25) is 5.91 Å². The fraction of sp³-hybridized carbons (Fsp3) is 0.440. The third-order valence-electron chi connectivity index (χ3n) is 6.52. The molecule has 0 aromatic heterocycles. The fourth-order valence-corrected chi connectivity index (χ4v) is 4.53. The van der Waals surface area contributed by atoms with Crippen LogP contribution < -0.4 is 0 Å². The number of nitrogens with zero attached hydrogens (tertiary/aromatic N) is 2. The lowest BCUT2D eigenvalue weighted by atomic mass is 9.88. The van der Waals surface area contributed by atoms with Gasteiger partial charge < -0.3 is 9.80 Å². The summed E-state index contributed by atoms with van der Waals surface area (Å²) < 4.78 is 0. The standard InChI is InChI=1S/C25H30N2O2/c1-26(2)23(28)21-10-8-19(9-11-21)18-20-12-16-27(17-13-20)24(29)25(14-15-25)22-6-4-3-5-7-22/h3-11,20H,12-18H2,1-2H3. The number of carbonyl (C=O) groups excluding carboxylic acids is 2. The van der Waals surface area contributed by atoms with Crippen LogP contribution in [0.25, 0.3) is 0 Å². The molecule has 4 nitrogen and oxygen atoms in total. The fourth-order valence-electron chi connectivity index (χ4n) is 4.53. The highest BCUT2D eigenvalue weighted by Crippen LogP contribution is 2.49. The number of benzene rings is 2. The molecule has 0 unspecified atom stereocenters. The molecule has 4 rings (SSSR count). The summed E-state index contributed by atoms with van der Waals surface area (Å²) in [5.41, 5.74) is 2.94. The molecule has 2 fully saturated rings. The van der Waals surface area contributed by atoms with Crippen molar-refractivity contribution in [3.63, 3.8) is 0 Å². The first-order valence-corrected chi connectivity index (χ1v) is 10.6. The first-order chi connectivity index (χ1) is 14.0. The van der Waals surface area contributed by atoms with Gasteiger partial charge in [0.1, 0.15) is 0 Å². The molecule has 0 radical (unpaired) electrons. The molecule has 0 spiro atoms. The van der Waals surface area contributed by atoms with Gasteiger partial charge in [-0.3, -0.25) is 9.59 Å². The van der Waals surface area contributed by atoms with Crippen molar-refractivity contribution < 1.29 is 9.59 Å². The zero-order valence-corrected chi connectivity index (χ0v) is 17.4. The summed E-state index contributed by atoms with van der Waals surface area (Å²) in [4.78, 5) is 28.9. The highest BCUT2D eigenvalue weighted by atomic mass is 16.2. The van der Waals surface area contributed by atoms with Crippen LogP contribution in [0.2, 0.25) is 0 Å². The van der Waals surface area contributed by atoms with Crippen LogP contribution in [0, 0.1) is 5.92 Å². The van der Waals surface area contributed by atoms with Gasteiger partial charge in [-0.2, -0.15) is 0 Å². The second kappa shape index (κ2) is 8.02. The largest absolute Gasteiger partial charge is 0.345 e. The Bertz CT molecular complexity index is 861. The minimum Gasteiger partial charge on any atom is -0.345 e. The summed E-state index contributed by atoms with van der Waals surface area (Å²) in [5, 5.41) is 0. The number of hydrogen-bond acceptors (Lipinski definition) is 2. The Morgan fingerprint density at radius 2 is 1.59 bits per heavy atom. The van der Waals surface area contributed by atoms with E-state index in [1.54, 1.807) is 19.0 Å². The molecule has 1 aliphatic carbocycles. The number of carbonyl (C=O) groups is 2. The lowest BCUT2D eigenvalue weighted by Gasteiger charge is -2.34. The van der Waals surface area contributed by atoms with E-state index in [4.69, 9.17) is 0 Å². The van der Waals surface area contributed by atoms with E-state index in [9.17, 15) is 9.59 Å². The Morgan fingerprint density at radius 1 is 0.966 bits per heavy atom. The first kappa shape index (κ1) is 19.7. The molecule has 152 valence electrons. The molecule has 0 atom stereocenters. The molecule has 29 heavy (non-hydrogen) atoms. The van der Waals surface area contributed by atoms with Crippen molar-refractivity contribution in [3.05, 3.63) is 71.3 Å². The second-order valence-corrected chi connectivity index (χ2v) is 8.78. The first-order valence-electron chi connectivity index (χ1n) is 10.6. The van der Waals surface area contributed by atoms with Crippen LogP contribution in [0.5, 0.6) is 0 Å². The predicted molar refractivity (Wildman–Crippen MR) is 115 cm³/mol. The number of hydrogen-bond donors (Lipinski definition) is 0. The van der Waals surface area contributed by atoms with E-state index in [1.807, 2.05) is 30.3 Å². The van der Waals surface area contributed by atoms with Crippen LogP contribution in [0.4, 0.5) is 0 Å². The van der Waals surface area contributed by atoms with Crippen LogP contribution in [0.15, 0.2) is 54.6 Å². The molecule has 0 N–H and O–H groups in total. The maximum Gasteiger partial charge on any atom is 0.253 e. The van der Waals surface area contributed by atoms with Crippen molar-refractivity contribution in [1.29, 1.82) is 0 Å². The summed E-state index contributed by atoms with van der Waals surface area (Å²) >= 11 is 0. The average Bonchev–Trinajstić information content (AvgIpc) is 3.56. The van der Waals surface area contributed by atoms with E-state index in [1.165, 1.54) is 11.1 Å². The van der Waals surface area contributed by atoms with Crippen molar-refractivity contribution in [3.8, 4) is 0 Å². The van der Waals surface area contributed by atoms with E-state index in [2.05, 4.69) is 29.2 Å². The van der Waals surface area contributed by atoms with Crippen molar-refractivity contribution in [2.45, 2.75) is 37.5 Å². The molecule has 1 saturated heterocycles. The number of rotatable bonds is 5. The summed E-state index contributed by atoms with van der Waals surface area (Å²) in [6, 6.07) is 18.3. The predicted octanol–water partition coefficient (Wildman–Crippen LogP) is 3.90. The van der Waals surface area contributed by atoms with Gasteiger partial charge in [0.15, 0.2) is 0 Å². The van der Waals surface area contributed by atoms with E-state index in [-0.39, 0.29) is 11.3 Å². The summed E-state index contributed by atoms with van der Waals surface area (Å²) in [5.74, 6) is 0.964. The quantitative estimate of drug-likeness (QED) is 0.777. The Morgan fingerprint density at radius 3 is 2.14 bits per heavy atom. The van der Waals surface area contributed by atoms with Crippen LogP contribution >= 0.6 is 0 Å². The van der Waals surface area contributed by atoms with Crippen LogP contribution in [-0.4, -0.2) is 48.8 Å². The number of amides is 2. The molecule has 1 aliphatic heterocycles. The second-order valence-electron chi connectivity index (χ2n) is 8.78. The maximum absolute atomic E-state index is 13.2. The molecule has 1 heterocycles. The lowest BCUT2D eigenvalue weighted by molar-refractivity contribution is -0.135. The van der Waals surface area contributed by atoms with Crippen molar-refractivity contribution in [1.82, 2.24) is 9.80 Å². The molecule has 2 aliphatic rings. The molecule has 2 amide bonds. The average molecular weight is 391 g/mol. The van der Waals surface area contributed by atoms with E-state index in [0.717, 1.165) is 50.8 Å². The van der Waals surface area contributed by atoms with Crippen LogP contribution in [0.3, 0.4) is 0 Å². The van der Waals surface area contributed by atoms with Crippen molar-refractivity contribution in [2.75, 3.05) is 27.2 Å². The monoisotopic (exact) mass is 390 g/mol. The van der Waals surface area contributed by atoms with Gasteiger partial charge in [-0.15, -0.1) is 0 Å². The minimum atomic E-state index is -0.247. The molecular formula is C25H30N2O2. The summed E-state index contributed by atoms with van der Waals surface area (Å²) in [7, 11) is 3.55. The van der Waals surface area contributed by atoms with E-state index in [0.29, 0.717) is 11.8 Å². The molecule has 0 bridgehead atoms. The highest BCUT2D eigenvalue weighted by Gasteiger charge is 2.53. The molecule has 2 aromatic rings. The van der Waals surface area contributed by atoms with Gasteiger partial charge in [0, 0.05) is 32.7 Å². The topological polar surface area (TPSA) is 40.6 Å². The van der Waals surface area contributed by atoms with Gasteiger partial charge in [0.25, 0.3) is 5.91 Å². The Kier molecular flexibility index (Phi) is 5.44. The van der Waals surface area contributed by atoms with E-state index < -0.39 is 0 Å². The number of likely N-dealkylation sites (tertiary alicyclic amines) is 1. The molecule has 1 saturated carbocycles. The molecular weight excluding hydrogens is 360 g/mol. The maximum atomic E-state index is 13.2. The normalized spacial score (nSPS) is 18.3. The SMILES string of the molecule is CN(C)C(=O)c1ccc(CC2CCN(C(=O)C3(c4ccccc4)CC3)CC2)cc1. The molecule has 2 aromatic carbocycles. The third kappa shape index (κ3) is 4.07. The minimum absolute atomic E-state index is 0.0378. The Labute approximate surface area is 173 Å². The van der Waals surface area contributed by atoms with Crippen LogP contribution in [0.1, 0.15) is 47.2 Å². The Hall–Kier alpha value is -2.62. The van der Waals surface area contributed by atoms with E-state index >= 15 is 0 Å². The van der Waals surface area contributed by atoms with Crippen molar-refractivity contribution in [2.24, 2.45) is 5.92 Å². The zero-order chi connectivity index (χ0) is 20.4. The Balaban J connectivity index is 1.32. The highest BCUT2D eigenvalue weighted by molar-refractivity contribution is 5.94. The molecule has 4 heteroatoms.